The van der Waals surface area contributed by atoms with Crippen LogP contribution in [0.25, 0.3) is 0 Å². The van der Waals surface area contributed by atoms with E-state index in [2.05, 4.69) is 46.1 Å². The van der Waals surface area contributed by atoms with Gasteiger partial charge in [0.1, 0.15) is 0 Å². The van der Waals surface area contributed by atoms with Crippen molar-refractivity contribution in [1.82, 2.24) is 4.90 Å². The second-order valence-corrected chi connectivity index (χ2v) is 5.71. The molecule has 0 fully saturated rings. The first-order valence-electron chi connectivity index (χ1n) is 5.09. The zero-order chi connectivity index (χ0) is 11.5. The molecular weight excluding hydrogens is 252 g/mol. The zero-order valence-corrected chi connectivity index (χ0v) is 11.2. The molecule has 84 valence electrons. The topological polar surface area (TPSA) is 29.3 Å². The monoisotopic (exact) mass is 270 g/mol. The fourth-order valence-corrected chi connectivity index (χ4v) is 2.15. The van der Waals surface area contributed by atoms with E-state index < -0.39 is 0 Å². The Hall–Kier alpha value is -0.380. The Morgan fingerprint density at radius 1 is 1.40 bits per heavy atom. The largest absolute Gasteiger partial charge is 0.324 e. The van der Waals surface area contributed by atoms with Gasteiger partial charge in [-0.1, -0.05) is 28.1 Å². The first-order chi connectivity index (χ1) is 6.87. The Morgan fingerprint density at radius 2 is 2.07 bits per heavy atom. The predicted molar refractivity (Wildman–Crippen MR) is 68.7 cm³/mol. The SMILES string of the molecule is CN(Cc1cccc(Br)c1)CC(C)(C)N. The van der Waals surface area contributed by atoms with Crippen LogP contribution in [0.1, 0.15) is 19.4 Å². The van der Waals surface area contributed by atoms with Crippen molar-refractivity contribution in [3.63, 3.8) is 0 Å². The van der Waals surface area contributed by atoms with Gasteiger partial charge in [0.25, 0.3) is 0 Å². The molecule has 0 amide bonds. The standard InChI is InChI=1S/C12H19BrN2/c1-12(2,14)9-15(3)8-10-5-4-6-11(13)7-10/h4-7H,8-9,14H2,1-3H3. The van der Waals surface area contributed by atoms with E-state index in [1.807, 2.05) is 19.9 Å². The summed E-state index contributed by atoms with van der Waals surface area (Å²) >= 11 is 3.47. The highest BCUT2D eigenvalue weighted by atomic mass is 79.9. The number of likely N-dealkylation sites (N-methyl/N-ethyl adjacent to an activating group) is 1. The minimum absolute atomic E-state index is 0.138. The number of nitrogens with two attached hydrogens (primary N) is 1. The first kappa shape index (κ1) is 12.7. The third kappa shape index (κ3) is 5.30. The lowest BCUT2D eigenvalue weighted by Crippen LogP contribution is -2.43. The molecule has 3 heteroatoms. The van der Waals surface area contributed by atoms with Gasteiger partial charge in [0, 0.05) is 23.1 Å². The first-order valence-corrected chi connectivity index (χ1v) is 5.88. The Balaban J connectivity index is 2.55. The summed E-state index contributed by atoms with van der Waals surface area (Å²) in [5, 5.41) is 0. The van der Waals surface area contributed by atoms with Crippen LogP contribution in [0.15, 0.2) is 28.7 Å². The van der Waals surface area contributed by atoms with Gasteiger partial charge in [0.05, 0.1) is 0 Å². The minimum Gasteiger partial charge on any atom is -0.324 e. The van der Waals surface area contributed by atoms with Crippen molar-refractivity contribution in [2.24, 2.45) is 5.73 Å². The number of rotatable bonds is 4. The van der Waals surface area contributed by atoms with E-state index in [9.17, 15) is 0 Å². The third-order valence-electron chi connectivity index (χ3n) is 2.02. The van der Waals surface area contributed by atoms with Crippen LogP contribution >= 0.6 is 15.9 Å². The van der Waals surface area contributed by atoms with Crippen molar-refractivity contribution in [2.45, 2.75) is 25.9 Å². The maximum absolute atomic E-state index is 5.97. The molecule has 0 unspecified atom stereocenters. The van der Waals surface area contributed by atoms with Gasteiger partial charge in [-0.05, 0) is 38.6 Å². The quantitative estimate of drug-likeness (QED) is 0.912. The lowest BCUT2D eigenvalue weighted by atomic mass is 10.1. The lowest BCUT2D eigenvalue weighted by molar-refractivity contribution is 0.263. The van der Waals surface area contributed by atoms with Crippen LogP contribution in [-0.2, 0) is 6.54 Å². The van der Waals surface area contributed by atoms with E-state index in [0.29, 0.717) is 0 Å². The molecule has 1 aromatic rings. The summed E-state index contributed by atoms with van der Waals surface area (Å²) in [5.41, 5.74) is 7.13. The zero-order valence-electron chi connectivity index (χ0n) is 9.63. The molecule has 0 aromatic heterocycles. The van der Waals surface area contributed by atoms with Crippen LogP contribution in [0.2, 0.25) is 0 Å². The van der Waals surface area contributed by atoms with Gasteiger partial charge in [-0.2, -0.15) is 0 Å². The van der Waals surface area contributed by atoms with Crippen molar-refractivity contribution >= 4 is 15.9 Å². The average molecular weight is 271 g/mol. The summed E-state index contributed by atoms with van der Waals surface area (Å²) in [4.78, 5) is 2.24. The van der Waals surface area contributed by atoms with Gasteiger partial charge in [0.2, 0.25) is 0 Å². The summed E-state index contributed by atoms with van der Waals surface area (Å²) < 4.78 is 1.13. The molecular formula is C12H19BrN2. The molecule has 0 saturated carbocycles. The van der Waals surface area contributed by atoms with Crippen LogP contribution in [-0.4, -0.2) is 24.0 Å². The molecule has 1 aromatic carbocycles. The Morgan fingerprint density at radius 3 is 2.60 bits per heavy atom. The van der Waals surface area contributed by atoms with Gasteiger partial charge >= 0.3 is 0 Å². The van der Waals surface area contributed by atoms with Gasteiger partial charge in [-0.25, -0.2) is 0 Å². The van der Waals surface area contributed by atoms with Crippen LogP contribution in [0.3, 0.4) is 0 Å². The molecule has 0 saturated heterocycles. The summed E-state index contributed by atoms with van der Waals surface area (Å²) in [6.45, 7) is 5.91. The number of hydrogen-bond acceptors (Lipinski definition) is 2. The minimum atomic E-state index is -0.138. The summed E-state index contributed by atoms with van der Waals surface area (Å²) in [6, 6.07) is 8.36. The van der Waals surface area contributed by atoms with Gasteiger partial charge in [-0.3, -0.25) is 0 Å². The van der Waals surface area contributed by atoms with E-state index >= 15 is 0 Å². The molecule has 0 aliphatic carbocycles. The molecule has 0 radical (unpaired) electrons. The van der Waals surface area contributed by atoms with E-state index in [0.717, 1.165) is 17.6 Å². The van der Waals surface area contributed by atoms with Gasteiger partial charge < -0.3 is 10.6 Å². The molecule has 2 N–H and O–H groups in total. The Labute approximate surface area is 101 Å². The van der Waals surface area contributed by atoms with Gasteiger partial charge in [0.15, 0.2) is 0 Å². The van der Waals surface area contributed by atoms with Crippen molar-refractivity contribution in [3.05, 3.63) is 34.3 Å². The van der Waals surface area contributed by atoms with Gasteiger partial charge in [-0.15, -0.1) is 0 Å². The molecule has 15 heavy (non-hydrogen) atoms. The molecule has 1 rings (SSSR count). The number of nitrogens with zero attached hydrogens (tertiary/aromatic N) is 1. The molecule has 0 bridgehead atoms. The second-order valence-electron chi connectivity index (χ2n) is 4.79. The Bertz CT molecular complexity index is 318. The second kappa shape index (κ2) is 5.10. The average Bonchev–Trinajstić information content (AvgIpc) is 1.99. The molecule has 0 spiro atoms. The summed E-state index contributed by atoms with van der Waals surface area (Å²) in [7, 11) is 2.09. The summed E-state index contributed by atoms with van der Waals surface area (Å²) in [6.07, 6.45) is 0. The van der Waals surface area contributed by atoms with Crippen LogP contribution in [0.4, 0.5) is 0 Å². The van der Waals surface area contributed by atoms with E-state index in [4.69, 9.17) is 5.73 Å². The van der Waals surface area contributed by atoms with Crippen LogP contribution in [0, 0.1) is 0 Å². The van der Waals surface area contributed by atoms with E-state index in [1.54, 1.807) is 0 Å². The highest BCUT2D eigenvalue weighted by Gasteiger charge is 2.13. The highest BCUT2D eigenvalue weighted by Crippen LogP contribution is 2.13. The van der Waals surface area contributed by atoms with Crippen molar-refractivity contribution in [3.8, 4) is 0 Å². The maximum Gasteiger partial charge on any atom is 0.0231 e. The number of benzene rings is 1. The highest BCUT2D eigenvalue weighted by molar-refractivity contribution is 9.10. The van der Waals surface area contributed by atoms with Crippen molar-refractivity contribution < 1.29 is 0 Å². The molecule has 0 heterocycles. The Kier molecular flexibility index (Phi) is 4.32. The van der Waals surface area contributed by atoms with E-state index in [-0.39, 0.29) is 5.54 Å². The number of halogens is 1. The third-order valence-corrected chi connectivity index (χ3v) is 2.51. The van der Waals surface area contributed by atoms with Crippen LogP contribution in [0.5, 0.6) is 0 Å². The van der Waals surface area contributed by atoms with Crippen LogP contribution < -0.4 is 5.73 Å². The van der Waals surface area contributed by atoms with Crippen molar-refractivity contribution in [1.29, 1.82) is 0 Å². The lowest BCUT2D eigenvalue weighted by Gasteiger charge is -2.26. The smallest absolute Gasteiger partial charge is 0.0231 e. The maximum atomic E-state index is 5.97. The molecule has 2 nitrogen and oxygen atoms in total. The number of hydrogen-bond donors (Lipinski definition) is 1. The fourth-order valence-electron chi connectivity index (χ4n) is 1.70. The molecule has 0 aliphatic heterocycles. The fraction of sp³-hybridized carbons (Fsp3) is 0.500. The molecule has 0 aliphatic rings. The van der Waals surface area contributed by atoms with Crippen molar-refractivity contribution in [2.75, 3.05) is 13.6 Å². The predicted octanol–water partition coefficient (Wildman–Crippen LogP) is 2.62. The molecule has 0 atom stereocenters. The summed E-state index contributed by atoms with van der Waals surface area (Å²) in [5.74, 6) is 0. The normalized spacial score (nSPS) is 12.1. The van der Waals surface area contributed by atoms with E-state index in [1.165, 1.54) is 5.56 Å².